The van der Waals surface area contributed by atoms with Gasteiger partial charge in [0.1, 0.15) is 0 Å². The van der Waals surface area contributed by atoms with Gasteiger partial charge >= 0.3 is 0 Å². The summed E-state index contributed by atoms with van der Waals surface area (Å²) in [6.07, 6.45) is 0. The molecule has 1 atom stereocenters. The number of aryl methyl sites for hydroxylation is 1. The number of aliphatic hydroxyl groups excluding tert-OH is 1. The van der Waals surface area contributed by atoms with Crippen LogP contribution in [0.3, 0.4) is 0 Å². The number of rotatable bonds is 4. The molecule has 3 nitrogen and oxygen atoms in total. The molecule has 1 unspecified atom stereocenters. The van der Waals surface area contributed by atoms with Crippen LogP contribution >= 0.6 is 0 Å². The summed E-state index contributed by atoms with van der Waals surface area (Å²) in [6.45, 7) is 2.06. The van der Waals surface area contributed by atoms with Crippen molar-refractivity contribution in [1.29, 1.82) is 0 Å². The molecular weight excluding hydrogens is 224 g/mol. The van der Waals surface area contributed by atoms with Gasteiger partial charge in [-0.15, -0.1) is 0 Å². The molecule has 0 saturated heterocycles. The highest BCUT2D eigenvalue weighted by Crippen LogP contribution is 2.25. The molecule has 0 amide bonds. The zero-order chi connectivity index (χ0) is 13.0. The highest BCUT2D eigenvalue weighted by Gasteiger charge is 2.13. The van der Waals surface area contributed by atoms with E-state index >= 15 is 0 Å². The van der Waals surface area contributed by atoms with E-state index in [0.717, 1.165) is 16.8 Å². The number of hydrogen-bond donors (Lipinski definition) is 3. The summed E-state index contributed by atoms with van der Waals surface area (Å²) in [5.74, 6) is 0. The van der Waals surface area contributed by atoms with Crippen LogP contribution in [0.1, 0.15) is 17.2 Å². The lowest BCUT2D eigenvalue weighted by molar-refractivity contribution is 0.276. The van der Waals surface area contributed by atoms with Crippen LogP contribution in [0.2, 0.25) is 0 Å². The Morgan fingerprint density at radius 3 is 2.44 bits per heavy atom. The molecule has 0 fully saturated rings. The number of aliphatic hydroxyl groups is 1. The lowest BCUT2D eigenvalue weighted by atomic mass is 10.0. The molecule has 4 N–H and O–H groups in total. The molecule has 0 aliphatic heterocycles. The Balaban J connectivity index is 2.26. The van der Waals surface area contributed by atoms with Gasteiger partial charge in [-0.3, -0.25) is 0 Å². The van der Waals surface area contributed by atoms with Crippen LogP contribution in [0.25, 0.3) is 0 Å². The standard InChI is InChI=1S/C15H18N2O/c1-11-6-2-3-7-12(11)15(10-18)17-14-9-5-4-8-13(14)16/h2-9,15,17-18H,10,16H2,1H3. The van der Waals surface area contributed by atoms with Gasteiger partial charge in [-0.05, 0) is 30.2 Å². The zero-order valence-electron chi connectivity index (χ0n) is 10.4. The minimum atomic E-state index is -0.143. The zero-order valence-corrected chi connectivity index (χ0v) is 10.4. The monoisotopic (exact) mass is 242 g/mol. The molecular formula is C15H18N2O. The van der Waals surface area contributed by atoms with Crippen molar-refractivity contribution < 1.29 is 5.11 Å². The Hall–Kier alpha value is -2.00. The molecule has 3 heteroatoms. The third-order valence-corrected chi connectivity index (χ3v) is 3.04. The van der Waals surface area contributed by atoms with Crippen LogP contribution in [0.15, 0.2) is 48.5 Å². The van der Waals surface area contributed by atoms with Crippen molar-refractivity contribution in [1.82, 2.24) is 0 Å². The minimum Gasteiger partial charge on any atom is -0.397 e. The third-order valence-electron chi connectivity index (χ3n) is 3.04. The molecule has 0 bridgehead atoms. The molecule has 2 aromatic carbocycles. The number of nitrogen functional groups attached to an aromatic ring is 1. The number of benzene rings is 2. The van der Waals surface area contributed by atoms with Gasteiger partial charge in [0.2, 0.25) is 0 Å². The molecule has 0 aliphatic rings. The maximum atomic E-state index is 9.55. The Morgan fingerprint density at radius 2 is 1.78 bits per heavy atom. The average molecular weight is 242 g/mol. The smallest absolute Gasteiger partial charge is 0.0748 e. The molecule has 0 aromatic heterocycles. The van der Waals surface area contributed by atoms with E-state index in [0.29, 0.717) is 5.69 Å². The van der Waals surface area contributed by atoms with E-state index in [1.807, 2.05) is 55.5 Å². The lowest BCUT2D eigenvalue weighted by Gasteiger charge is -2.20. The van der Waals surface area contributed by atoms with E-state index in [2.05, 4.69) is 5.32 Å². The molecule has 18 heavy (non-hydrogen) atoms. The van der Waals surface area contributed by atoms with Gasteiger partial charge < -0.3 is 16.2 Å². The van der Waals surface area contributed by atoms with Crippen LogP contribution in [-0.2, 0) is 0 Å². The SMILES string of the molecule is Cc1ccccc1C(CO)Nc1ccccc1N. The quantitative estimate of drug-likeness (QED) is 0.722. The molecule has 2 aromatic rings. The normalized spacial score (nSPS) is 12.1. The first-order chi connectivity index (χ1) is 8.72. The molecule has 0 heterocycles. The fourth-order valence-electron chi connectivity index (χ4n) is 2.02. The maximum Gasteiger partial charge on any atom is 0.0748 e. The van der Waals surface area contributed by atoms with E-state index in [-0.39, 0.29) is 12.6 Å². The Morgan fingerprint density at radius 1 is 1.11 bits per heavy atom. The van der Waals surface area contributed by atoms with Crippen LogP contribution in [-0.4, -0.2) is 11.7 Å². The molecule has 0 spiro atoms. The van der Waals surface area contributed by atoms with Crippen molar-refractivity contribution in [3.63, 3.8) is 0 Å². The van der Waals surface area contributed by atoms with Gasteiger partial charge in [-0.1, -0.05) is 36.4 Å². The third kappa shape index (κ3) is 2.63. The van der Waals surface area contributed by atoms with Crippen molar-refractivity contribution in [3.8, 4) is 0 Å². The van der Waals surface area contributed by atoms with Crippen molar-refractivity contribution in [2.24, 2.45) is 0 Å². The Kier molecular flexibility index (Phi) is 3.85. The second-order valence-electron chi connectivity index (χ2n) is 4.32. The molecule has 94 valence electrons. The van der Waals surface area contributed by atoms with E-state index < -0.39 is 0 Å². The second kappa shape index (κ2) is 5.56. The Bertz CT molecular complexity index is 525. The van der Waals surface area contributed by atoms with Gasteiger partial charge in [0.15, 0.2) is 0 Å². The van der Waals surface area contributed by atoms with E-state index in [9.17, 15) is 5.11 Å². The second-order valence-corrected chi connectivity index (χ2v) is 4.32. The van der Waals surface area contributed by atoms with E-state index in [1.54, 1.807) is 0 Å². The van der Waals surface area contributed by atoms with Gasteiger partial charge in [-0.2, -0.15) is 0 Å². The molecule has 0 radical (unpaired) electrons. The number of para-hydroxylation sites is 2. The first-order valence-corrected chi connectivity index (χ1v) is 6.00. The molecule has 0 aliphatic carbocycles. The fourth-order valence-corrected chi connectivity index (χ4v) is 2.02. The van der Waals surface area contributed by atoms with Gasteiger partial charge in [0, 0.05) is 0 Å². The first kappa shape index (κ1) is 12.5. The highest BCUT2D eigenvalue weighted by atomic mass is 16.3. The highest BCUT2D eigenvalue weighted by molar-refractivity contribution is 5.66. The Labute approximate surface area is 107 Å². The van der Waals surface area contributed by atoms with Crippen molar-refractivity contribution in [3.05, 3.63) is 59.7 Å². The van der Waals surface area contributed by atoms with Crippen molar-refractivity contribution in [2.45, 2.75) is 13.0 Å². The summed E-state index contributed by atoms with van der Waals surface area (Å²) >= 11 is 0. The number of anilines is 2. The summed E-state index contributed by atoms with van der Waals surface area (Å²) in [5, 5.41) is 12.8. The van der Waals surface area contributed by atoms with Gasteiger partial charge in [-0.25, -0.2) is 0 Å². The van der Waals surface area contributed by atoms with Gasteiger partial charge in [0.25, 0.3) is 0 Å². The molecule has 0 saturated carbocycles. The maximum absolute atomic E-state index is 9.55. The summed E-state index contributed by atoms with van der Waals surface area (Å²) in [4.78, 5) is 0. The summed E-state index contributed by atoms with van der Waals surface area (Å²) in [7, 11) is 0. The summed E-state index contributed by atoms with van der Waals surface area (Å²) in [6, 6.07) is 15.4. The van der Waals surface area contributed by atoms with E-state index in [4.69, 9.17) is 5.73 Å². The predicted molar refractivity (Wildman–Crippen MR) is 75.5 cm³/mol. The van der Waals surface area contributed by atoms with Gasteiger partial charge in [0.05, 0.1) is 24.0 Å². The average Bonchev–Trinajstić information content (AvgIpc) is 2.39. The van der Waals surface area contributed by atoms with Crippen LogP contribution in [0.5, 0.6) is 0 Å². The number of nitrogens with one attached hydrogen (secondary N) is 1. The van der Waals surface area contributed by atoms with Crippen LogP contribution in [0.4, 0.5) is 11.4 Å². The van der Waals surface area contributed by atoms with Crippen molar-refractivity contribution in [2.75, 3.05) is 17.7 Å². The lowest BCUT2D eigenvalue weighted by Crippen LogP contribution is -2.16. The predicted octanol–water partition coefficient (Wildman–Crippen LogP) is 2.72. The number of hydrogen-bond acceptors (Lipinski definition) is 3. The minimum absolute atomic E-state index is 0.0270. The number of nitrogens with two attached hydrogens (primary N) is 1. The fraction of sp³-hybridized carbons (Fsp3) is 0.200. The van der Waals surface area contributed by atoms with Crippen LogP contribution < -0.4 is 11.1 Å². The first-order valence-electron chi connectivity index (χ1n) is 6.00. The van der Waals surface area contributed by atoms with Crippen LogP contribution in [0, 0.1) is 6.92 Å². The topological polar surface area (TPSA) is 58.3 Å². The summed E-state index contributed by atoms with van der Waals surface area (Å²) in [5.41, 5.74) is 9.67. The summed E-state index contributed by atoms with van der Waals surface area (Å²) < 4.78 is 0. The van der Waals surface area contributed by atoms with Crippen molar-refractivity contribution >= 4 is 11.4 Å². The van der Waals surface area contributed by atoms with E-state index in [1.165, 1.54) is 0 Å². The largest absolute Gasteiger partial charge is 0.397 e. The molecule has 2 rings (SSSR count).